The van der Waals surface area contributed by atoms with Crippen LogP contribution in [0.4, 0.5) is 0 Å². The summed E-state index contributed by atoms with van der Waals surface area (Å²) in [5.41, 5.74) is 1.51. The Kier molecular flexibility index (Phi) is 4.97. The van der Waals surface area contributed by atoms with Gasteiger partial charge in [-0.15, -0.1) is 0 Å². The molecule has 1 aromatic rings. The Balaban J connectivity index is 2.07. The molecule has 0 radical (unpaired) electrons. The molecule has 82 valence electrons. The molecule has 0 saturated carbocycles. The molecule has 0 bridgehead atoms. The summed E-state index contributed by atoms with van der Waals surface area (Å²) in [7, 11) is 0. The van der Waals surface area contributed by atoms with Crippen molar-refractivity contribution in [2.45, 2.75) is 36.8 Å². The first-order chi connectivity index (χ1) is 7.92. The molecule has 1 unspecified atom stereocenters. The van der Waals surface area contributed by atoms with Gasteiger partial charge in [-0.1, -0.05) is 0 Å². The SMILES string of the molecule is [Li][CH2]CCC(c1ccccc1)N1CCCC1. The summed E-state index contributed by atoms with van der Waals surface area (Å²) in [6, 6.07) is 11.7. The molecule has 2 heteroatoms. The van der Waals surface area contributed by atoms with Gasteiger partial charge in [0.15, 0.2) is 0 Å². The van der Waals surface area contributed by atoms with Crippen molar-refractivity contribution in [2.24, 2.45) is 0 Å². The fourth-order valence-electron chi connectivity index (χ4n) is 2.69. The molecule has 0 aliphatic carbocycles. The van der Waals surface area contributed by atoms with Gasteiger partial charge in [-0.05, 0) is 0 Å². The third kappa shape index (κ3) is 3.14. The Morgan fingerprint density at radius 2 is 1.81 bits per heavy atom. The van der Waals surface area contributed by atoms with E-state index in [4.69, 9.17) is 0 Å². The second kappa shape index (κ2) is 6.50. The number of rotatable bonds is 5. The molecule has 1 heterocycles. The number of nitrogens with zero attached hydrogens (tertiary/aromatic N) is 1. The summed E-state index contributed by atoms with van der Waals surface area (Å²) in [4.78, 5) is 2.67. The molecular formula is C14H20LiN. The van der Waals surface area contributed by atoms with E-state index in [9.17, 15) is 0 Å². The Morgan fingerprint density at radius 3 is 2.44 bits per heavy atom. The van der Waals surface area contributed by atoms with Crippen molar-refractivity contribution in [1.29, 1.82) is 0 Å². The van der Waals surface area contributed by atoms with Crippen LogP contribution in [0.25, 0.3) is 0 Å². The van der Waals surface area contributed by atoms with Crippen molar-refractivity contribution >= 4 is 17.7 Å². The molecule has 1 aliphatic heterocycles. The maximum atomic E-state index is 2.67. The van der Waals surface area contributed by atoms with Crippen molar-refractivity contribution in [3.8, 4) is 0 Å². The van der Waals surface area contributed by atoms with Gasteiger partial charge in [0.05, 0.1) is 0 Å². The molecule has 1 aliphatic rings. The zero-order chi connectivity index (χ0) is 11.2. The van der Waals surface area contributed by atoms with Gasteiger partial charge >= 0.3 is 108 Å². The van der Waals surface area contributed by atoms with Gasteiger partial charge < -0.3 is 0 Å². The number of likely N-dealkylation sites (tertiary alicyclic amines) is 1. The van der Waals surface area contributed by atoms with Gasteiger partial charge in [0.25, 0.3) is 0 Å². The van der Waals surface area contributed by atoms with Gasteiger partial charge in [-0.2, -0.15) is 0 Å². The van der Waals surface area contributed by atoms with Gasteiger partial charge in [-0.25, -0.2) is 0 Å². The third-order valence-corrected chi connectivity index (χ3v) is 3.60. The predicted octanol–water partition coefficient (Wildman–Crippen LogP) is 3.19. The van der Waals surface area contributed by atoms with Crippen molar-refractivity contribution < 1.29 is 0 Å². The molecule has 1 nitrogen and oxygen atoms in total. The minimum absolute atomic E-state index is 0.670. The van der Waals surface area contributed by atoms with E-state index in [1.54, 1.807) is 0 Å². The summed E-state index contributed by atoms with van der Waals surface area (Å²) in [5, 5.41) is 1.30. The standard InChI is InChI=1S/C14H20N.Li/c1-2-8-14(15-11-6-7-12-15)13-9-4-3-5-10-13;/h3-5,9-10,14H,1-2,6-8,11-12H2;. The molecular weight excluding hydrogens is 189 g/mol. The molecule has 16 heavy (non-hydrogen) atoms. The molecule has 1 fully saturated rings. The van der Waals surface area contributed by atoms with Gasteiger partial charge in [0, 0.05) is 0 Å². The molecule has 0 amide bonds. The van der Waals surface area contributed by atoms with Crippen LogP contribution in [0.3, 0.4) is 0 Å². The van der Waals surface area contributed by atoms with Crippen LogP contribution in [0.5, 0.6) is 0 Å². The Morgan fingerprint density at radius 1 is 1.12 bits per heavy atom. The van der Waals surface area contributed by atoms with Crippen molar-refractivity contribution in [1.82, 2.24) is 4.90 Å². The van der Waals surface area contributed by atoms with Crippen LogP contribution in [0.15, 0.2) is 30.3 Å². The average Bonchev–Trinajstić information content (AvgIpc) is 2.85. The van der Waals surface area contributed by atoms with Crippen LogP contribution in [-0.4, -0.2) is 35.7 Å². The van der Waals surface area contributed by atoms with Crippen LogP contribution >= 0.6 is 0 Å². The molecule has 1 saturated heterocycles. The van der Waals surface area contributed by atoms with E-state index in [0.717, 1.165) is 0 Å². The molecule has 1 aromatic carbocycles. The number of hydrogen-bond donors (Lipinski definition) is 0. The number of hydrogen-bond acceptors (Lipinski definition) is 1. The predicted molar refractivity (Wildman–Crippen MR) is 69.8 cm³/mol. The van der Waals surface area contributed by atoms with Crippen molar-refractivity contribution in [3.05, 3.63) is 35.9 Å². The van der Waals surface area contributed by atoms with Crippen molar-refractivity contribution in [3.63, 3.8) is 0 Å². The third-order valence-electron chi connectivity index (χ3n) is 3.60. The summed E-state index contributed by atoms with van der Waals surface area (Å²) in [6.07, 6.45) is 5.43. The fourth-order valence-corrected chi connectivity index (χ4v) is 2.69. The Labute approximate surface area is 108 Å². The summed E-state index contributed by atoms with van der Waals surface area (Å²) < 4.78 is 0. The Hall–Kier alpha value is -0.223. The molecule has 0 aromatic heterocycles. The summed E-state index contributed by atoms with van der Waals surface area (Å²) in [5.74, 6) is 0. The first-order valence-electron chi connectivity index (χ1n) is 6.71. The first-order valence-corrected chi connectivity index (χ1v) is 6.71. The maximum absolute atomic E-state index is 2.67. The van der Waals surface area contributed by atoms with E-state index in [0.29, 0.717) is 6.04 Å². The minimum atomic E-state index is 0.670. The van der Waals surface area contributed by atoms with Gasteiger partial charge in [0.1, 0.15) is 0 Å². The van der Waals surface area contributed by atoms with E-state index in [-0.39, 0.29) is 0 Å². The van der Waals surface area contributed by atoms with Gasteiger partial charge in [0.2, 0.25) is 0 Å². The fraction of sp³-hybridized carbons (Fsp3) is 0.571. The van der Waals surface area contributed by atoms with E-state index in [2.05, 4.69) is 52.9 Å². The van der Waals surface area contributed by atoms with E-state index < -0.39 is 0 Å². The summed E-state index contributed by atoms with van der Waals surface area (Å²) in [6.45, 7) is 2.59. The van der Waals surface area contributed by atoms with E-state index in [1.807, 2.05) is 0 Å². The zero-order valence-electron chi connectivity index (χ0n) is 10.4. The summed E-state index contributed by atoms with van der Waals surface area (Å²) >= 11 is 2.28. The van der Waals surface area contributed by atoms with Crippen molar-refractivity contribution in [2.75, 3.05) is 13.1 Å². The molecule has 0 N–H and O–H groups in total. The normalized spacial score (nSPS) is 18.9. The second-order valence-electron chi connectivity index (χ2n) is 4.81. The molecule has 2 rings (SSSR count). The average molecular weight is 209 g/mol. The first kappa shape index (κ1) is 12.2. The quantitative estimate of drug-likeness (QED) is 0.673. The molecule has 0 spiro atoms. The monoisotopic (exact) mass is 209 g/mol. The van der Waals surface area contributed by atoms with Crippen LogP contribution in [0.1, 0.15) is 37.3 Å². The van der Waals surface area contributed by atoms with Crippen LogP contribution in [0.2, 0.25) is 5.09 Å². The zero-order valence-corrected chi connectivity index (χ0v) is 10.4. The molecule has 1 atom stereocenters. The van der Waals surface area contributed by atoms with Crippen LogP contribution in [0, 0.1) is 0 Å². The van der Waals surface area contributed by atoms with Crippen LogP contribution < -0.4 is 0 Å². The van der Waals surface area contributed by atoms with E-state index >= 15 is 0 Å². The van der Waals surface area contributed by atoms with E-state index in [1.165, 1.54) is 49.4 Å². The Bertz CT molecular complexity index is 293. The topological polar surface area (TPSA) is 3.24 Å². The second-order valence-corrected chi connectivity index (χ2v) is 4.81. The van der Waals surface area contributed by atoms with Crippen LogP contribution in [-0.2, 0) is 0 Å². The van der Waals surface area contributed by atoms with Gasteiger partial charge in [-0.3, -0.25) is 0 Å². The number of benzene rings is 1.